The van der Waals surface area contributed by atoms with Gasteiger partial charge < -0.3 is 19.3 Å². The van der Waals surface area contributed by atoms with Gasteiger partial charge in [0.15, 0.2) is 5.75 Å². The molecular weight excluding hydrogens is 434 g/mol. The second kappa shape index (κ2) is 10.1. The lowest BCUT2D eigenvalue weighted by atomic mass is 9.92. The number of carboxylic acid groups (broad SMARTS) is 1. The minimum atomic E-state index is -1.14. The first kappa shape index (κ1) is 24.3. The molecule has 3 rings (SSSR count). The Morgan fingerprint density at radius 2 is 1.65 bits per heavy atom. The number of ether oxygens (including phenoxy) is 3. The number of carboxylic acids is 1. The molecule has 0 bridgehead atoms. The lowest BCUT2D eigenvalue weighted by Gasteiger charge is -2.18. The fourth-order valence-electron chi connectivity index (χ4n) is 3.82. The predicted molar refractivity (Wildman–Crippen MR) is 126 cm³/mol. The van der Waals surface area contributed by atoms with Gasteiger partial charge in [-0.15, -0.1) is 0 Å². The van der Waals surface area contributed by atoms with Crippen LogP contribution in [0.3, 0.4) is 0 Å². The molecular formula is C27H25NO6. The van der Waals surface area contributed by atoms with E-state index >= 15 is 0 Å². The van der Waals surface area contributed by atoms with Crippen LogP contribution in [0, 0.1) is 39.0 Å². The third-order valence-electron chi connectivity index (χ3n) is 5.72. The molecule has 0 unspecified atom stereocenters. The highest BCUT2D eigenvalue weighted by Crippen LogP contribution is 2.35. The van der Waals surface area contributed by atoms with Crippen molar-refractivity contribution in [3.05, 3.63) is 87.0 Å². The van der Waals surface area contributed by atoms with Gasteiger partial charge in [0, 0.05) is 6.07 Å². The van der Waals surface area contributed by atoms with Gasteiger partial charge >= 0.3 is 11.9 Å². The molecule has 0 heterocycles. The third kappa shape index (κ3) is 4.71. The highest BCUT2D eigenvalue weighted by molar-refractivity contribution is 5.97. The predicted octanol–water partition coefficient (Wildman–Crippen LogP) is 5.30. The summed E-state index contributed by atoms with van der Waals surface area (Å²) in [5, 5.41) is 19.2. The van der Waals surface area contributed by atoms with Crippen molar-refractivity contribution in [3.63, 3.8) is 0 Å². The van der Waals surface area contributed by atoms with E-state index in [-0.39, 0.29) is 33.8 Å². The van der Waals surface area contributed by atoms with Crippen molar-refractivity contribution in [3.8, 4) is 23.3 Å². The van der Waals surface area contributed by atoms with Gasteiger partial charge in [-0.05, 0) is 61.6 Å². The molecule has 0 atom stereocenters. The van der Waals surface area contributed by atoms with E-state index in [1.54, 1.807) is 32.9 Å². The number of methoxy groups -OCH3 is 1. The van der Waals surface area contributed by atoms with Gasteiger partial charge in [0.1, 0.15) is 29.7 Å². The number of carbonyl (C=O) groups excluding carboxylic acids is 1. The largest absolute Gasteiger partial charge is 0.496 e. The van der Waals surface area contributed by atoms with E-state index in [9.17, 15) is 20.0 Å². The monoisotopic (exact) mass is 459 g/mol. The molecule has 0 spiro atoms. The van der Waals surface area contributed by atoms with Crippen molar-refractivity contribution < 1.29 is 28.9 Å². The van der Waals surface area contributed by atoms with E-state index in [0.717, 1.165) is 5.56 Å². The first-order valence-electron chi connectivity index (χ1n) is 10.5. The maximum atomic E-state index is 13.2. The number of nitriles is 1. The number of hydrogen-bond acceptors (Lipinski definition) is 6. The summed E-state index contributed by atoms with van der Waals surface area (Å²) < 4.78 is 17.0. The number of nitrogens with zero attached hydrogens (tertiary/aromatic N) is 1. The van der Waals surface area contributed by atoms with E-state index in [0.29, 0.717) is 29.0 Å². The molecule has 0 radical (unpaired) electrons. The second-order valence-corrected chi connectivity index (χ2v) is 7.85. The third-order valence-corrected chi connectivity index (χ3v) is 5.72. The summed E-state index contributed by atoms with van der Waals surface area (Å²) in [7, 11) is 1.44. The van der Waals surface area contributed by atoms with E-state index in [1.165, 1.54) is 14.0 Å². The number of hydrogen-bond donors (Lipinski definition) is 1. The van der Waals surface area contributed by atoms with Gasteiger partial charge in [-0.25, -0.2) is 9.59 Å². The van der Waals surface area contributed by atoms with Crippen molar-refractivity contribution in [1.29, 1.82) is 5.26 Å². The fourth-order valence-corrected chi connectivity index (χ4v) is 3.82. The molecule has 7 heteroatoms. The Morgan fingerprint density at radius 3 is 2.24 bits per heavy atom. The Hall–Kier alpha value is -4.31. The molecule has 174 valence electrons. The van der Waals surface area contributed by atoms with E-state index in [1.807, 2.05) is 36.4 Å². The molecule has 1 N–H and O–H groups in total. The van der Waals surface area contributed by atoms with Gasteiger partial charge in [0.25, 0.3) is 0 Å². The van der Waals surface area contributed by atoms with Crippen LogP contribution >= 0.6 is 0 Å². The van der Waals surface area contributed by atoms with Crippen LogP contribution in [0.4, 0.5) is 0 Å². The summed E-state index contributed by atoms with van der Waals surface area (Å²) in [6.45, 7) is 6.85. The number of aryl methyl sites for hydroxylation is 1. The van der Waals surface area contributed by atoms with Gasteiger partial charge in [-0.3, -0.25) is 0 Å². The summed E-state index contributed by atoms with van der Waals surface area (Å²) in [5.41, 5.74) is 2.88. The average Bonchev–Trinajstić information content (AvgIpc) is 2.81. The second-order valence-electron chi connectivity index (χ2n) is 7.85. The van der Waals surface area contributed by atoms with Crippen molar-refractivity contribution in [2.75, 3.05) is 7.11 Å². The van der Waals surface area contributed by atoms with E-state index < -0.39 is 11.9 Å². The SMILES string of the molecule is COc1cc(OCc2ccccc2)cc(C)c1C(=O)Oc1c(C)c(C)c(C(=O)O)c(C)c1C#N. The number of aromatic carboxylic acids is 1. The lowest BCUT2D eigenvalue weighted by Crippen LogP contribution is -2.16. The summed E-state index contributed by atoms with van der Waals surface area (Å²) in [6, 6.07) is 15.0. The smallest absolute Gasteiger partial charge is 0.347 e. The van der Waals surface area contributed by atoms with Crippen LogP contribution in [-0.4, -0.2) is 24.2 Å². The Morgan fingerprint density at radius 1 is 0.971 bits per heavy atom. The maximum absolute atomic E-state index is 13.2. The molecule has 3 aromatic rings. The van der Waals surface area contributed by atoms with Crippen LogP contribution in [-0.2, 0) is 6.61 Å². The van der Waals surface area contributed by atoms with Gasteiger partial charge in [0.2, 0.25) is 0 Å². The molecule has 0 fully saturated rings. The molecule has 0 saturated heterocycles. The quantitative estimate of drug-likeness (QED) is 0.378. The van der Waals surface area contributed by atoms with Gasteiger partial charge in [0.05, 0.1) is 18.2 Å². The van der Waals surface area contributed by atoms with Crippen LogP contribution in [0.1, 0.15) is 54.1 Å². The van der Waals surface area contributed by atoms with Crippen LogP contribution < -0.4 is 14.2 Å². The highest BCUT2D eigenvalue weighted by Gasteiger charge is 2.26. The first-order chi connectivity index (χ1) is 16.2. The molecule has 0 aliphatic heterocycles. The van der Waals surface area contributed by atoms with Crippen LogP contribution in [0.2, 0.25) is 0 Å². The molecule has 0 amide bonds. The van der Waals surface area contributed by atoms with Gasteiger partial charge in [-0.2, -0.15) is 5.26 Å². The maximum Gasteiger partial charge on any atom is 0.347 e. The zero-order chi connectivity index (χ0) is 25.0. The first-order valence-corrected chi connectivity index (χ1v) is 10.5. The van der Waals surface area contributed by atoms with E-state index in [4.69, 9.17) is 14.2 Å². The molecule has 0 aliphatic rings. The highest BCUT2D eigenvalue weighted by atomic mass is 16.5. The van der Waals surface area contributed by atoms with Crippen LogP contribution in [0.25, 0.3) is 0 Å². The van der Waals surface area contributed by atoms with Gasteiger partial charge in [-0.1, -0.05) is 30.3 Å². The molecule has 0 saturated carbocycles. The number of rotatable bonds is 7. The summed E-state index contributed by atoms with van der Waals surface area (Å²) >= 11 is 0. The number of esters is 1. The Kier molecular flexibility index (Phi) is 7.22. The van der Waals surface area contributed by atoms with Crippen molar-refractivity contribution in [2.45, 2.75) is 34.3 Å². The minimum absolute atomic E-state index is 0.00767. The molecule has 7 nitrogen and oxygen atoms in total. The summed E-state index contributed by atoms with van der Waals surface area (Å²) in [6.07, 6.45) is 0. The number of benzene rings is 3. The Balaban J connectivity index is 1.96. The molecule has 34 heavy (non-hydrogen) atoms. The summed E-state index contributed by atoms with van der Waals surface area (Å²) in [5.74, 6) is -1.03. The normalized spacial score (nSPS) is 10.4. The number of carbonyl (C=O) groups is 2. The zero-order valence-electron chi connectivity index (χ0n) is 19.7. The molecule has 3 aromatic carbocycles. The lowest BCUT2D eigenvalue weighted by molar-refractivity contribution is 0.0694. The van der Waals surface area contributed by atoms with Crippen molar-refractivity contribution in [2.24, 2.45) is 0 Å². The van der Waals surface area contributed by atoms with Crippen LogP contribution in [0.15, 0.2) is 42.5 Å². The van der Waals surface area contributed by atoms with Crippen molar-refractivity contribution in [1.82, 2.24) is 0 Å². The molecule has 0 aliphatic carbocycles. The molecule has 0 aromatic heterocycles. The van der Waals surface area contributed by atoms with Crippen molar-refractivity contribution >= 4 is 11.9 Å². The topological polar surface area (TPSA) is 106 Å². The Labute approximate surface area is 198 Å². The van der Waals surface area contributed by atoms with E-state index in [2.05, 4.69) is 0 Å². The fraction of sp³-hybridized carbons (Fsp3) is 0.222. The standard InChI is InChI=1S/C27H25NO6/c1-15-11-20(33-14-19-9-7-6-8-10-19)12-22(32-5)23(15)27(31)34-25-17(3)16(2)24(26(29)30)18(4)21(25)13-28/h6-12H,14H2,1-5H3,(H,29,30). The average molecular weight is 459 g/mol. The Bertz CT molecular complexity index is 1310. The summed E-state index contributed by atoms with van der Waals surface area (Å²) in [4.78, 5) is 24.9. The van der Waals surface area contributed by atoms with Crippen LogP contribution in [0.5, 0.6) is 17.2 Å². The minimum Gasteiger partial charge on any atom is -0.496 e. The zero-order valence-corrected chi connectivity index (χ0v) is 19.7.